The van der Waals surface area contributed by atoms with Crippen LogP contribution in [0.3, 0.4) is 0 Å². The van der Waals surface area contributed by atoms with Crippen molar-refractivity contribution in [3.8, 4) is 0 Å². The van der Waals surface area contributed by atoms with Gasteiger partial charge < -0.3 is 10.1 Å². The Morgan fingerprint density at radius 1 is 1.33 bits per heavy atom. The molecule has 2 N–H and O–H groups in total. The first-order valence-electron chi connectivity index (χ1n) is 8.09. The van der Waals surface area contributed by atoms with Crippen molar-refractivity contribution in [2.24, 2.45) is 0 Å². The highest BCUT2D eigenvalue weighted by atomic mass is 35.5. The smallest absolute Gasteiger partial charge is 0.411 e. The number of rotatable bonds is 5. The Balaban J connectivity index is 2.17. The van der Waals surface area contributed by atoms with Crippen LogP contribution in [0, 0.1) is 0 Å². The average Bonchev–Trinajstić information content (AvgIpc) is 2.87. The molecule has 0 radical (unpaired) electrons. The van der Waals surface area contributed by atoms with Crippen LogP contribution in [0.15, 0.2) is 23.1 Å². The highest BCUT2D eigenvalue weighted by Crippen LogP contribution is 2.26. The van der Waals surface area contributed by atoms with E-state index in [1.807, 2.05) is 0 Å². The summed E-state index contributed by atoms with van der Waals surface area (Å²) in [5, 5.41) is 2.80. The molecule has 0 saturated carbocycles. The maximum Gasteiger partial charge on any atom is 0.411 e. The number of carbonyl (C=O) groups excluding carboxylic acids is 2. The molecule has 0 spiro atoms. The van der Waals surface area contributed by atoms with Crippen LogP contribution >= 0.6 is 23.2 Å². The largest absolute Gasteiger partial charge is 0.444 e. The van der Waals surface area contributed by atoms with Crippen molar-refractivity contribution >= 4 is 45.7 Å². The predicted molar refractivity (Wildman–Crippen MR) is 101 cm³/mol. The fraction of sp³-hybridized carbons (Fsp3) is 0.500. The second kappa shape index (κ2) is 8.22. The van der Waals surface area contributed by atoms with Crippen molar-refractivity contribution in [3.63, 3.8) is 0 Å². The molecule has 0 bridgehead atoms. The molecule has 1 aromatic rings. The first kappa shape index (κ1) is 21.7. The van der Waals surface area contributed by atoms with Gasteiger partial charge >= 0.3 is 6.09 Å². The van der Waals surface area contributed by atoms with Gasteiger partial charge in [0.25, 0.3) is 0 Å². The SMILES string of the molecule is CC(C)(C)OC(=O)N1C[C@H](NS(=O)(=O)c2ccc(Cl)cc2Cl)C[C@H]1NC=O. The second-order valence-electron chi connectivity index (χ2n) is 7.06. The lowest BCUT2D eigenvalue weighted by molar-refractivity contribution is -0.110. The Hall–Kier alpha value is -1.55. The van der Waals surface area contributed by atoms with Gasteiger partial charge in [-0.3, -0.25) is 9.69 Å². The lowest BCUT2D eigenvalue weighted by atomic mass is 10.2. The molecule has 0 unspecified atom stereocenters. The molecule has 1 aliphatic rings. The van der Waals surface area contributed by atoms with Crippen LogP contribution in [0.1, 0.15) is 27.2 Å². The number of hydrogen-bond acceptors (Lipinski definition) is 5. The number of benzene rings is 1. The van der Waals surface area contributed by atoms with Gasteiger partial charge in [-0.05, 0) is 39.0 Å². The topological polar surface area (TPSA) is 105 Å². The minimum Gasteiger partial charge on any atom is -0.444 e. The fourth-order valence-corrected chi connectivity index (χ4v) is 4.67. The lowest BCUT2D eigenvalue weighted by Gasteiger charge is -2.28. The third-order valence-corrected chi connectivity index (χ3v) is 5.93. The van der Waals surface area contributed by atoms with E-state index in [0.717, 1.165) is 0 Å². The van der Waals surface area contributed by atoms with E-state index in [4.69, 9.17) is 27.9 Å². The maximum absolute atomic E-state index is 12.6. The monoisotopic (exact) mass is 437 g/mol. The van der Waals surface area contributed by atoms with E-state index >= 15 is 0 Å². The summed E-state index contributed by atoms with van der Waals surface area (Å²) in [5.41, 5.74) is -0.725. The number of ether oxygens (including phenoxy) is 1. The van der Waals surface area contributed by atoms with E-state index < -0.39 is 33.9 Å². The molecule has 1 aliphatic heterocycles. The molecule has 1 fully saturated rings. The van der Waals surface area contributed by atoms with Crippen LogP contribution in [0.25, 0.3) is 0 Å². The molecule has 0 aliphatic carbocycles. The summed E-state index contributed by atoms with van der Waals surface area (Å²) in [5.74, 6) is 0. The van der Waals surface area contributed by atoms with Crippen molar-refractivity contribution in [1.29, 1.82) is 0 Å². The molecule has 1 heterocycles. The van der Waals surface area contributed by atoms with Crippen LogP contribution in [-0.4, -0.2) is 50.2 Å². The Kier molecular flexibility index (Phi) is 6.62. The van der Waals surface area contributed by atoms with Gasteiger partial charge in [-0.2, -0.15) is 0 Å². The van der Waals surface area contributed by atoms with E-state index in [9.17, 15) is 18.0 Å². The standard InChI is InChI=1S/C16H21Cl2N3O5S/c1-16(2,3)26-15(23)21-8-11(7-14(21)19-9-22)20-27(24,25)13-5-4-10(17)6-12(13)18/h4-6,9,11,14,20H,7-8H2,1-3H3,(H,19,22)/t11-,14+/m1/s1. The highest BCUT2D eigenvalue weighted by molar-refractivity contribution is 7.89. The Bertz CT molecular complexity index is 826. The molecule has 2 atom stereocenters. The number of likely N-dealkylation sites (tertiary alicyclic amines) is 1. The Labute approximate surface area is 168 Å². The van der Waals surface area contributed by atoms with Crippen LogP contribution < -0.4 is 10.0 Å². The first-order valence-corrected chi connectivity index (χ1v) is 10.3. The number of carbonyl (C=O) groups is 2. The molecular weight excluding hydrogens is 417 g/mol. The molecule has 27 heavy (non-hydrogen) atoms. The molecular formula is C16H21Cl2N3O5S. The van der Waals surface area contributed by atoms with E-state index in [1.54, 1.807) is 20.8 Å². The van der Waals surface area contributed by atoms with E-state index in [0.29, 0.717) is 11.4 Å². The van der Waals surface area contributed by atoms with E-state index in [-0.39, 0.29) is 22.9 Å². The summed E-state index contributed by atoms with van der Waals surface area (Å²) < 4.78 is 33.1. The molecule has 1 saturated heterocycles. The number of halogens is 2. The van der Waals surface area contributed by atoms with Crippen LogP contribution in [0.2, 0.25) is 10.0 Å². The number of amides is 2. The summed E-state index contributed by atoms with van der Waals surface area (Å²) in [6.45, 7) is 5.18. The van der Waals surface area contributed by atoms with Gasteiger partial charge in [-0.1, -0.05) is 23.2 Å². The molecule has 2 rings (SSSR count). The number of nitrogens with one attached hydrogen (secondary N) is 2. The third kappa shape index (κ3) is 5.71. The highest BCUT2D eigenvalue weighted by Gasteiger charge is 2.39. The molecule has 150 valence electrons. The Morgan fingerprint density at radius 3 is 2.56 bits per heavy atom. The molecule has 1 aromatic carbocycles. The van der Waals surface area contributed by atoms with Crippen LogP contribution in [0.5, 0.6) is 0 Å². The van der Waals surface area contributed by atoms with Crippen molar-refractivity contribution in [2.75, 3.05) is 6.54 Å². The average molecular weight is 438 g/mol. The summed E-state index contributed by atoms with van der Waals surface area (Å²) in [6.07, 6.45) is -0.698. The second-order valence-corrected chi connectivity index (χ2v) is 9.59. The van der Waals surface area contributed by atoms with Gasteiger partial charge in [-0.25, -0.2) is 17.9 Å². The lowest BCUT2D eigenvalue weighted by Crippen LogP contribution is -2.46. The molecule has 8 nitrogen and oxygen atoms in total. The van der Waals surface area contributed by atoms with Gasteiger partial charge in [0.1, 0.15) is 16.7 Å². The van der Waals surface area contributed by atoms with Crippen LogP contribution in [-0.2, 0) is 19.6 Å². The third-order valence-electron chi connectivity index (χ3n) is 3.69. The zero-order chi connectivity index (χ0) is 20.4. The summed E-state index contributed by atoms with van der Waals surface area (Å²) in [4.78, 5) is 24.4. The Morgan fingerprint density at radius 2 is 2.00 bits per heavy atom. The minimum atomic E-state index is -3.95. The van der Waals surface area contributed by atoms with Gasteiger partial charge in [0.05, 0.1) is 5.02 Å². The van der Waals surface area contributed by atoms with Crippen molar-refractivity contribution in [2.45, 2.75) is 49.9 Å². The molecule has 0 aromatic heterocycles. The summed E-state index contributed by atoms with van der Waals surface area (Å²) in [7, 11) is -3.95. The predicted octanol–water partition coefficient (Wildman–Crippen LogP) is 2.35. The van der Waals surface area contributed by atoms with Crippen LogP contribution in [0.4, 0.5) is 4.79 Å². The zero-order valence-electron chi connectivity index (χ0n) is 15.0. The number of nitrogens with zero attached hydrogens (tertiary/aromatic N) is 1. The summed E-state index contributed by atoms with van der Waals surface area (Å²) >= 11 is 11.8. The molecule has 11 heteroatoms. The van der Waals surface area contributed by atoms with E-state index in [1.165, 1.54) is 23.1 Å². The molecule has 2 amide bonds. The van der Waals surface area contributed by atoms with Crippen molar-refractivity contribution in [1.82, 2.24) is 14.9 Å². The van der Waals surface area contributed by atoms with Gasteiger partial charge in [0, 0.05) is 24.0 Å². The van der Waals surface area contributed by atoms with Gasteiger partial charge in [0.15, 0.2) is 0 Å². The zero-order valence-corrected chi connectivity index (χ0v) is 17.4. The number of hydrogen-bond donors (Lipinski definition) is 2. The minimum absolute atomic E-state index is 0.0143. The fourth-order valence-electron chi connectivity index (χ4n) is 2.66. The van der Waals surface area contributed by atoms with Gasteiger partial charge in [0.2, 0.25) is 16.4 Å². The maximum atomic E-state index is 12.6. The normalized spacial score (nSPS) is 20.4. The van der Waals surface area contributed by atoms with Crippen molar-refractivity contribution < 1.29 is 22.7 Å². The van der Waals surface area contributed by atoms with E-state index in [2.05, 4.69) is 10.0 Å². The van der Waals surface area contributed by atoms with Gasteiger partial charge in [-0.15, -0.1) is 0 Å². The first-order chi connectivity index (χ1) is 12.4. The van der Waals surface area contributed by atoms with Crippen molar-refractivity contribution in [3.05, 3.63) is 28.2 Å². The number of sulfonamides is 1. The summed E-state index contributed by atoms with van der Waals surface area (Å²) in [6, 6.07) is 3.41. The quantitative estimate of drug-likeness (QED) is 0.687.